The van der Waals surface area contributed by atoms with Gasteiger partial charge < -0.3 is 10.4 Å². The molecule has 0 spiro atoms. The van der Waals surface area contributed by atoms with Gasteiger partial charge in [-0.15, -0.1) is 0 Å². The average Bonchev–Trinajstić information content (AvgIpc) is 2.16. The van der Waals surface area contributed by atoms with Crippen LogP contribution in [0.3, 0.4) is 0 Å². The molecule has 2 unspecified atom stereocenters. The van der Waals surface area contributed by atoms with E-state index in [4.69, 9.17) is 16.7 Å². The van der Waals surface area contributed by atoms with E-state index in [0.717, 1.165) is 5.69 Å². The number of rotatable bonds is 4. The Balaban J connectivity index is 2.60. The number of anilines is 1. The summed E-state index contributed by atoms with van der Waals surface area (Å²) in [5.74, 6) is 0.210. The molecule has 0 aliphatic carbocycles. The SMILES string of the molecule is CC(CO)C(C)Nc1ccnc(Cl)c1. The molecule has 2 N–H and O–H groups in total. The first kappa shape index (κ1) is 11.3. The van der Waals surface area contributed by atoms with E-state index in [9.17, 15) is 0 Å². The Morgan fingerprint density at radius 2 is 2.29 bits per heavy atom. The summed E-state index contributed by atoms with van der Waals surface area (Å²) in [5, 5.41) is 12.7. The normalized spacial score (nSPS) is 14.9. The second-order valence-corrected chi connectivity index (χ2v) is 3.85. The Morgan fingerprint density at radius 3 is 2.86 bits per heavy atom. The quantitative estimate of drug-likeness (QED) is 0.756. The highest BCUT2D eigenvalue weighted by atomic mass is 35.5. The average molecular weight is 215 g/mol. The Morgan fingerprint density at radius 1 is 1.57 bits per heavy atom. The number of nitrogens with zero attached hydrogens (tertiary/aromatic N) is 1. The predicted octanol–water partition coefficient (Wildman–Crippen LogP) is 2.16. The Bertz CT molecular complexity index is 293. The van der Waals surface area contributed by atoms with Gasteiger partial charge in [0.25, 0.3) is 0 Å². The lowest BCUT2D eigenvalue weighted by Gasteiger charge is -2.20. The van der Waals surface area contributed by atoms with Crippen LogP contribution in [0.15, 0.2) is 18.3 Å². The molecule has 14 heavy (non-hydrogen) atoms. The van der Waals surface area contributed by atoms with Gasteiger partial charge in [-0.05, 0) is 25.0 Å². The van der Waals surface area contributed by atoms with Gasteiger partial charge in [0.1, 0.15) is 5.15 Å². The van der Waals surface area contributed by atoms with Crippen molar-refractivity contribution in [3.05, 3.63) is 23.5 Å². The van der Waals surface area contributed by atoms with E-state index < -0.39 is 0 Å². The van der Waals surface area contributed by atoms with E-state index in [-0.39, 0.29) is 18.6 Å². The van der Waals surface area contributed by atoms with E-state index in [1.807, 2.05) is 19.9 Å². The van der Waals surface area contributed by atoms with Crippen LogP contribution in [-0.4, -0.2) is 22.7 Å². The lowest BCUT2D eigenvalue weighted by atomic mass is 10.1. The molecule has 1 heterocycles. The summed E-state index contributed by atoms with van der Waals surface area (Å²) in [6.45, 7) is 4.18. The maximum Gasteiger partial charge on any atom is 0.131 e. The predicted molar refractivity (Wildman–Crippen MR) is 58.6 cm³/mol. The Hall–Kier alpha value is -0.800. The van der Waals surface area contributed by atoms with Crippen LogP contribution in [0.25, 0.3) is 0 Å². The van der Waals surface area contributed by atoms with Crippen LogP contribution in [0.2, 0.25) is 5.15 Å². The summed E-state index contributed by atoms with van der Waals surface area (Å²) < 4.78 is 0. The van der Waals surface area contributed by atoms with Gasteiger partial charge in [0, 0.05) is 24.5 Å². The molecule has 0 radical (unpaired) electrons. The number of halogens is 1. The molecule has 0 aliphatic rings. The molecule has 0 saturated heterocycles. The zero-order chi connectivity index (χ0) is 10.6. The van der Waals surface area contributed by atoms with Gasteiger partial charge in [0.05, 0.1) is 0 Å². The molecule has 1 rings (SSSR count). The Kier molecular flexibility index (Phi) is 4.17. The summed E-state index contributed by atoms with van der Waals surface area (Å²) in [6.07, 6.45) is 1.65. The fourth-order valence-corrected chi connectivity index (χ4v) is 1.23. The van der Waals surface area contributed by atoms with E-state index in [2.05, 4.69) is 10.3 Å². The molecule has 3 nitrogen and oxygen atoms in total. The van der Waals surface area contributed by atoms with Crippen molar-refractivity contribution in [1.82, 2.24) is 4.98 Å². The lowest BCUT2D eigenvalue weighted by Crippen LogP contribution is -2.26. The highest BCUT2D eigenvalue weighted by Crippen LogP contribution is 2.15. The van der Waals surface area contributed by atoms with Crippen LogP contribution < -0.4 is 5.32 Å². The summed E-state index contributed by atoms with van der Waals surface area (Å²) in [4.78, 5) is 3.89. The van der Waals surface area contributed by atoms with Gasteiger partial charge in [0.15, 0.2) is 0 Å². The lowest BCUT2D eigenvalue weighted by molar-refractivity contribution is 0.226. The minimum Gasteiger partial charge on any atom is -0.396 e. The molecule has 1 aromatic heterocycles. The molecule has 0 fully saturated rings. The van der Waals surface area contributed by atoms with Gasteiger partial charge in [-0.1, -0.05) is 18.5 Å². The number of hydrogen-bond acceptors (Lipinski definition) is 3. The standard InChI is InChI=1S/C10H15ClN2O/c1-7(6-14)8(2)13-9-3-4-12-10(11)5-9/h3-5,7-8,14H,6H2,1-2H3,(H,12,13). The molecule has 0 bridgehead atoms. The van der Waals surface area contributed by atoms with Crippen molar-refractivity contribution in [3.8, 4) is 0 Å². The molecule has 78 valence electrons. The smallest absolute Gasteiger partial charge is 0.131 e. The number of hydrogen-bond donors (Lipinski definition) is 2. The molecule has 0 aliphatic heterocycles. The first-order valence-corrected chi connectivity index (χ1v) is 5.00. The number of pyridine rings is 1. The first-order chi connectivity index (χ1) is 6.63. The summed E-state index contributed by atoms with van der Waals surface area (Å²) in [6, 6.07) is 3.83. The number of aliphatic hydroxyl groups is 1. The second-order valence-electron chi connectivity index (χ2n) is 3.46. The van der Waals surface area contributed by atoms with Crippen LogP contribution >= 0.6 is 11.6 Å². The van der Waals surface area contributed by atoms with Gasteiger partial charge in [-0.2, -0.15) is 0 Å². The molecule has 0 amide bonds. The third-order valence-electron chi connectivity index (χ3n) is 2.26. The second kappa shape index (κ2) is 5.17. The van der Waals surface area contributed by atoms with E-state index in [1.54, 1.807) is 12.3 Å². The third kappa shape index (κ3) is 3.16. The number of aromatic nitrogens is 1. The zero-order valence-corrected chi connectivity index (χ0v) is 9.12. The monoisotopic (exact) mass is 214 g/mol. The van der Waals surface area contributed by atoms with Crippen LogP contribution in [0, 0.1) is 5.92 Å². The van der Waals surface area contributed by atoms with Crippen molar-refractivity contribution in [2.24, 2.45) is 5.92 Å². The first-order valence-electron chi connectivity index (χ1n) is 4.62. The van der Waals surface area contributed by atoms with E-state index >= 15 is 0 Å². The van der Waals surface area contributed by atoms with Crippen molar-refractivity contribution in [3.63, 3.8) is 0 Å². The van der Waals surface area contributed by atoms with Crippen molar-refractivity contribution in [2.45, 2.75) is 19.9 Å². The van der Waals surface area contributed by atoms with Crippen molar-refractivity contribution in [1.29, 1.82) is 0 Å². The fraction of sp³-hybridized carbons (Fsp3) is 0.500. The van der Waals surface area contributed by atoms with E-state index in [0.29, 0.717) is 5.15 Å². The summed E-state index contributed by atoms with van der Waals surface area (Å²) in [7, 11) is 0. The molecule has 0 aromatic carbocycles. The third-order valence-corrected chi connectivity index (χ3v) is 2.47. The largest absolute Gasteiger partial charge is 0.396 e. The highest BCUT2D eigenvalue weighted by molar-refractivity contribution is 6.29. The fourth-order valence-electron chi connectivity index (χ4n) is 1.06. The van der Waals surface area contributed by atoms with Crippen molar-refractivity contribution in [2.75, 3.05) is 11.9 Å². The van der Waals surface area contributed by atoms with Gasteiger partial charge >= 0.3 is 0 Å². The van der Waals surface area contributed by atoms with Crippen LogP contribution in [0.4, 0.5) is 5.69 Å². The minimum absolute atomic E-state index is 0.174. The molecule has 4 heteroatoms. The number of aliphatic hydroxyl groups excluding tert-OH is 1. The van der Waals surface area contributed by atoms with Crippen LogP contribution in [-0.2, 0) is 0 Å². The topological polar surface area (TPSA) is 45.1 Å². The van der Waals surface area contributed by atoms with Crippen LogP contribution in [0.1, 0.15) is 13.8 Å². The molecule has 0 saturated carbocycles. The maximum atomic E-state index is 8.96. The zero-order valence-electron chi connectivity index (χ0n) is 8.37. The summed E-state index contributed by atoms with van der Waals surface area (Å²) in [5.41, 5.74) is 0.929. The molecule has 2 atom stereocenters. The number of nitrogens with one attached hydrogen (secondary N) is 1. The molecular weight excluding hydrogens is 200 g/mol. The summed E-state index contributed by atoms with van der Waals surface area (Å²) >= 11 is 5.74. The Labute approximate surface area is 89.1 Å². The van der Waals surface area contributed by atoms with Gasteiger partial charge in [-0.25, -0.2) is 4.98 Å². The van der Waals surface area contributed by atoms with Crippen molar-refractivity contribution >= 4 is 17.3 Å². The highest BCUT2D eigenvalue weighted by Gasteiger charge is 2.10. The van der Waals surface area contributed by atoms with Gasteiger partial charge in [-0.3, -0.25) is 0 Å². The minimum atomic E-state index is 0.174. The maximum absolute atomic E-state index is 8.96. The molecule has 1 aromatic rings. The van der Waals surface area contributed by atoms with Gasteiger partial charge in [0.2, 0.25) is 0 Å². The van der Waals surface area contributed by atoms with Crippen LogP contribution in [0.5, 0.6) is 0 Å². The van der Waals surface area contributed by atoms with E-state index in [1.165, 1.54) is 0 Å². The van der Waals surface area contributed by atoms with Crippen molar-refractivity contribution < 1.29 is 5.11 Å². The molecular formula is C10H15ClN2O.